The average molecular weight is 238 g/mol. The number of carbonyl (C=O) groups excluding carboxylic acids is 1. The van der Waals surface area contributed by atoms with Gasteiger partial charge >= 0.3 is 0 Å². The van der Waals surface area contributed by atoms with Gasteiger partial charge in [0.15, 0.2) is 5.78 Å². The van der Waals surface area contributed by atoms with Gasteiger partial charge in [-0.25, -0.2) is 0 Å². The van der Waals surface area contributed by atoms with Crippen LogP contribution in [0.15, 0.2) is 42.5 Å². The van der Waals surface area contributed by atoms with E-state index in [4.69, 9.17) is 0 Å². The molecule has 0 saturated heterocycles. The quantitative estimate of drug-likeness (QED) is 0.723. The fourth-order valence-corrected chi connectivity index (χ4v) is 2.19. The van der Waals surface area contributed by atoms with Crippen LogP contribution < -0.4 is 0 Å². The van der Waals surface area contributed by atoms with E-state index < -0.39 is 0 Å². The summed E-state index contributed by atoms with van der Waals surface area (Å²) in [5, 5.41) is 0. The molecule has 2 aromatic rings. The number of aryl methyl sites for hydroxylation is 2. The number of benzene rings is 2. The van der Waals surface area contributed by atoms with Crippen molar-refractivity contribution in [1.82, 2.24) is 0 Å². The van der Waals surface area contributed by atoms with Gasteiger partial charge in [0.25, 0.3) is 0 Å². The van der Waals surface area contributed by atoms with Crippen molar-refractivity contribution >= 4 is 5.78 Å². The molecule has 0 heterocycles. The highest BCUT2D eigenvalue weighted by atomic mass is 16.1. The van der Waals surface area contributed by atoms with Gasteiger partial charge in [-0.05, 0) is 48.6 Å². The van der Waals surface area contributed by atoms with E-state index in [9.17, 15) is 4.79 Å². The lowest BCUT2D eigenvalue weighted by Crippen LogP contribution is -1.92. The van der Waals surface area contributed by atoms with Crippen LogP contribution in [0.25, 0.3) is 11.1 Å². The van der Waals surface area contributed by atoms with Crippen molar-refractivity contribution in [3.05, 3.63) is 59.2 Å². The highest BCUT2D eigenvalue weighted by molar-refractivity contribution is 5.95. The normalized spacial score (nSPS) is 10.4. The van der Waals surface area contributed by atoms with Crippen molar-refractivity contribution in [2.75, 3.05) is 0 Å². The van der Waals surface area contributed by atoms with E-state index in [1.165, 1.54) is 16.7 Å². The number of hydrogen-bond donors (Lipinski definition) is 0. The fraction of sp³-hybridized carbons (Fsp3) is 0.235. The second-order valence-corrected chi connectivity index (χ2v) is 4.63. The van der Waals surface area contributed by atoms with Gasteiger partial charge in [0, 0.05) is 5.56 Å². The Labute approximate surface area is 108 Å². The molecule has 0 amide bonds. The van der Waals surface area contributed by atoms with Crippen LogP contribution in [0.3, 0.4) is 0 Å². The van der Waals surface area contributed by atoms with Crippen LogP contribution in [0.2, 0.25) is 0 Å². The Bertz CT molecular complexity index is 582. The molecule has 0 aliphatic rings. The molecular formula is C17H18O. The SMILES string of the molecule is CCc1ccc(-c2cccc(C(C)=O)c2)cc1C. The Morgan fingerprint density at radius 2 is 1.78 bits per heavy atom. The number of ketones is 1. The zero-order valence-corrected chi connectivity index (χ0v) is 11.2. The molecule has 0 aliphatic heterocycles. The van der Waals surface area contributed by atoms with Gasteiger partial charge in [-0.15, -0.1) is 0 Å². The summed E-state index contributed by atoms with van der Waals surface area (Å²) in [6.45, 7) is 5.90. The molecule has 0 unspecified atom stereocenters. The molecule has 0 aliphatic carbocycles. The molecule has 0 bridgehead atoms. The van der Waals surface area contributed by atoms with Crippen molar-refractivity contribution < 1.29 is 4.79 Å². The Morgan fingerprint density at radius 3 is 2.39 bits per heavy atom. The van der Waals surface area contributed by atoms with Crippen molar-refractivity contribution in [2.24, 2.45) is 0 Å². The van der Waals surface area contributed by atoms with E-state index in [0.29, 0.717) is 0 Å². The maximum Gasteiger partial charge on any atom is 0.159 e. The summed E-state index contributed by atoms with van der Waals surface area (Å²) in [7, 11) is 0. The Balaban J connectivity index is 2.45. The van der Waals surface area contributed by atoms with E-state index in [1.807, 2.05) is 24.3 Å². The summed E-state index contributed by atoms with van der Waals surface area (Å²) in [6.07, 6.45) is 1.06. The molecular weight excluding hydrogens is 220 g/mol. The minimum absolute atomic E-state index is 0.110. The van der Waals surface area contributed by atoms with Crippen molar-refractivity contribution in [2.45, 2.75) is 27.2 Å². The maximum absolute atomic E-state index is 11.4. The summed E-state index contributed by atoms with van der Waals surface area (Å²) in [5.41, 5.74) is 5.73. The van der Waals surface area contributed by atoms with Crippen molar-refractivity contribution in [1.29, 1.82) is 0 Å². The number of Topliss-reactive ketones (excluding diaryl/α,β-unsaturated/α-hetero) is 1. The van der Waals surface area contributed by atoms with Gasteiger partial charge in [0.05, 0.1) is 0 Å². The van der Waals surface area contributed by atoms with E-state index in [-0.39, 0.29) is 5.78 Å². The Kier molecular flexibility index (Phi) is 3.61. The first kappa shape index (κ1) is 12.6. The molecule has 0 fully saturated rings. The molecule has 0 aromatic heterocycles. The maximum atomic E-state index is 11.4. The van der Waals surface area contributed by atoms with Crippen molar-refractivity contribution in [3.8, 4) is 11.1 Å². The van der Waals surface area contributed by atoms with Gasteiger partial charge < -0.3 is 0 Å². The molecule has 0 atom stereocenters. The first-order valence-electron chi connectivity index (χ1n) is 6.32. The van der Waals surface area contributed by atoms with E-state index >= 15 is 0 Å². The molecule has 1 heteroatoms. The van der Waals surface area contributed by atoms with Crippen molar-refractivity contribution in [3.63, 3.8) is 0 Å². The zero-order valence-electron chi connectivity index (χ0n) is 11.2. The topological polar surface area (TPSA) is 17.1 Å². The molecule has 1 nitrogen and oxygen atoms in total. The van der Waals surface area contributed by atoms with Crippen LogP contribution in [0.4, 0.5) is 0 Å². The monoisotopic (exact) mass is 238 g/mol. The van der Waals surface area contributed by atoms with Crippen LogP contribution in [-0.4, -0.2) is 5.78 Å². The third-order valence-electron chi connectivity index (χ3n) is 3.33. The summed E-state index contributed by atoms with van der Waals surface area (Å²) in [4.78, 5) is 11.4. The summed E-state index contributed by atoms with van der Waals surface area (Å²) >= 11 is 0. The molecule has 18 heavy (non-hydrogen) atoms. The van der Waals surface area contributed by atoms with Crippen LogP contribution in [-0.2, 0) is 6.42 Å². The van der Waals surface area contributed by atoms with E-state index in [1.54, 1.807) is 6.92 Å². The molecule has 2 rings (SSSR count). The predicted molar refractivity (Wildman–Crippen MR) is 76.0 cm³/mol. The third kappa shape index (κ3) is 2.51. The third-order valence-corrected chi connectivity index (χ3v) is 3.33. The minimum atomic E-state index is 0.110. The lowest BCUT2D eigenvalue weighted by molar-refractivity contribution is 0.101. The lowest BCUT2D eigenvalue weighted by Gasteiger charge is -2.08. The van der Waals surface area contributed by atoms with E-state index in [2.05, 4.69) is 32.0 Å². The largest absolute Gasteiger partial charge is 0.295 e. The van der Waals surface area contributed by atoms with Gasteiger partial charge in [-0.2, -0.15) is 0 Å². The number of carbonyl (C=O) groups is 1. The lowest BCUT2D eigenvalue weighted by atomic mass is 9.97. The van der Waals surface area contributed by atoms with Crippen LogP contribution in [0.5, 0.6) is 0 Å². The van der Waals surface area contributed by atoms with Crippen LogP contribution >= 0.6 is 0 Å². The minimum Gasteiger partial charge on any atom is -0.295 e. The average Bonchev–Trinajstić information content (AvgIpc) is 2.38. The highest BCUT2D eigenvalue weighted by Crippen LogP contribution is 2.23. The summed E-state index contributed by atoms with van der Waals surface area (Å²) in [5.74, 6) is 0.110. The van der Waals surface area contributed by atoms with Gasteiger partial charge in [-0.1, -0.05) is 43.3 Å². The molecule has 0 saturated carbocycles. The zero-order chi connectivity index (χ0) is 13.1. The molecule has 0 spiro atoms. The van der Waals surface area contributed by atoms with Crippen LogP contribution in [0, 0.1) is 6.92 Å². The Morgan fingerprint density at radius 1 is 1.06 bits per heavy atom. The molecule has 92 valence electrons. The molecule has 2 aromatic carbocycles. The smallest absolute Gasteiger partial charge is 0.159 e. The van der Waals surface area contributed by atoms with Gasteiger partial charge in [-0.3, -0.25) is 4.79 Å². The fourth-order valence-electron chi connectivity index (χ4n) is 2.19. The predicted octanol–water partition coefficient (Wildman–Crippen LogP) is 4.43. The van der Waals surface area contributed by atoms with Gasteiger partial charge in [0.1, 0.15) is 0 Å². The standard InChI is InChI=1S/C17H18O/c1-4-14-8-9-17(10-12(14)2)16-7-5-6-15(11-16)13(3)18/h5-11H,4H2,1-3H3. The molecule has 0 radical (unpaired) electrons. The Hall–Kier alpha value is -1.89. The number of rotatable bonds is 3. The summed E-state index contributed by atoms with van der Waals surface area (Å²) < 4.78 is 0. The molecule has 0 N–H and O–H groups in total. The van der Waals surface area contributed by atoms with Crippen LogP contribution in [0.1, 0.15) is 35.3 Å². The second kappa shape index (κ2) is 5.18. The number of hydrogen-bond acceptors (Lipinski definition) is 1. The first-order chi connectivity index (χ1) is 8.61. The second-order valence-electron chi connectivity index (χ2n) is 4.63. The van der Waals surface area contributed by atoms with Gasteiger partial charge in [0.2, 0.25) is 0 Å². The summed E-state index contributed by atoms with van der Waals surface area (Å²) in [6, 6.07) is 14.3. The highest BCUT2D eigenvalue weighted by Gasteiger charge is 2.04. The van der Waals surface area contributed by atoms with E-state index in [0.717, 1.165) is 17.5 Å². The first-order valence-corrected chi connectivity index (χ1v) is 6.32.